The summed E-state index contributed by atoms with van der Waals surface area (Å²) in [7, 11) is 0. The number of hydrogen-bond acceptors (Lipinski definition) is 6. The first-order chi connectivity index (χ1) is 12.8. The molecule has 0 saturated heterocycles. The average molecular weight is 369 g/mol. The number of anilines is 1. The summed E-state index contributed by atoms with van der Waals surface area (Å²) in [5.74, 6) is 0.567. The number of aliphatic hydroxyl groups excluding tert-OH is 1. The highest BCUT2D eigenvalue weighted by Gasteiger charge is 2.16. The SMILES string of the molecule is OCCC(Nc1ccc2nnc(-c3ccccc3F)n2n1)c1cccs1. The van der Waals surface area contributed by atoms with Crippen molar-refractivity contribution in [3.8, 4) is 11.4 Å². The van der Waals surface area contributed by atoms with Gasteiger partial charge in [0.25, 0.3) is 0 Å². The van der Waals surface area contributed by atoms with Gasteiger partial charge in [-0.1, -0.05) is 18.2 Å². The first-order valence-corrected chi connectivity index (χ1v) is 9.02. The third kappa shape index (κ3) is 3.16. The van der Waals surface area contributed by atoms with Gasteiger partial charge in [-0.05, 0) is 42.1 Å². The normalized spacial score (nSPS) is 12.4. The highest BCUT2D eigenvalue weighted by atomic mass is 32.1. The van der Waals surface area contributed by atoms with Gasteiger partial charge in [0.1, 0.15) is 11.6 Å². The Hall–Kier alpha value is -2.84. The van der Waals surface area contributed by atoms with E-state index in [1.54, 1.807) is 41.7 Å². The lowest BCUT2D eigenvalue weighted by Crippen LogP contribution is -2.13. The van der Waals surface area contributed by atoms with Crippen molar-refractivity contribution in [1.82, 2.24) is 19.8 Å². The van der Waals surface area contributed by atoms with E-state index < -0.39 is 0 Å². The van der Waals surface area contributed by atoms with Crippen molar-refractivity contribution >= 4 is 22.8 Å². The number of aromatic nitrogens is 4. The number of nitrogens with one attached hydrogen (secondary N) is 1. The van der Waals surface area contributed by atoms with Gasteiger partial charge in [-0.2, -0.15) is 4.52 Å². The molecule has 8 heteroatoms. The fraction of sp³-hybridized carbons (Fsp3) is 0.167. The van der Waals surface area contributed by atoms with Crippen LogP contribution in [-0.2, 0) is 0 Å². The van der Waals surface area contributed by atoms with Crippen LogP contribution in [0.4, 0.5) is 10.2 Å². The molecule has 0 aliphatic carbocycles. The number of nitrogens with zero attached hydrogens (tertiary/aromatic N) is 4. The second kappa shape index (κ2) is 7.19. The number of fused-ring (bicyclic) bond motifs is 1. The maximum Gasteiger partial charge on any atom is 0.188 e. The lowest BCUT2D eigenvalue weighted by atomic mass is 10.2. The Morgan fingerprint density at radius 3 is 2.77 bits per heavy atom. The van der Waals surface area contributed by atoms with Gasteiger partial charge in [0.05, 0.1) is 11.6 Å². The van der Waals surface area contributed by atoms with Crippen molar-refractivity contribution in [2.24, 2.45) is 0 Å². The number of aliphatic hydroxyl groups is 1. The van der Waals surface area contributed by atoms with E-state index >= 15 is 0 Å². The van der Waals surface area contributed by atoms with Gasteiger partial charge >= 0.3 is 0 Å². The monoisotopic (exact) mass is 369 g/mol. The molecule has 0 fully saturated rings. The van der Waals surface area contributed by atoms with Crippen molar-refractivity contribution in [3.63, 3.8) is 0 Å². The van der Waals surface area contributed by atoms with Crippen molar-refractivity contribution < 1.29 is 9.50 Å². The van der Waals surface area contributed by atoms with Crippen LogP contribution in [0.15, 0.2) is 53.9 Å². The summed E-state index contributed by atoms with van der Waals surface area (Å²) in [6.07, 6.45) is 0.558. The number of benzene rings is 1. The summed E-state index contributed by atoms with van der Waals surface area (Å²) in [5.41, 5.74) is 0.874. The highest BCUT2D eigenvalue weighted by molar-refractivity contribution is 7.10. The zero-order valence-electron chi connectivity index (χ0n) is 13.7. The molecule has 1 unspecified atom stereocenters. The van der Waals surface area contributed by atoms with E-state index in [0.29, 0.717) is 29.3 Å². The van der Waals surface area contributed by atoms with Crippen LogP contribution in [0.5, 0.6) is 0 Å². The minimum Gasteiger partial charge on any atom is -0.396 e. The van der Waals surface area contributed by atoms with Gasteiger partial charge in [0.15, 0.2) is 11.5 Å². The topological polar surface area (TPSA) is 75.3 Å². The van der Waals surface area contributed by atoms with Gasteiger partial charge in [-0.3, -0.25) is 0 Å². The maximum absolute atomic E-state index is 14.1. The van der Waals surface area contributed by atoms with Gasteiger partial charge in [0.2, 0.25) is 0 Å². The Labute approximate surface area is 153 Å². The standard InChI is InChI=1S/C18H16FN5OS/c19-13-5-2-1-4-12(13)18-22-21-17-8-7-16(23-24(17)18)20-14(9-10-25)15-6-3-11-26-15/h1-8,11,14,25H,9-10H2,(H,20,23). The number of rotatable bonds is 6. The molecule has 4 rings (SSSR count). The molecular formula is C18H16FN5OS. The van der Waals surface area contributed by atoms with Crippen LogP contribution in [-0.4, -0.2) is 31.5 Å². The van der Waals surface area contributed by atoms with Gasteiger partial charge in [-0.25, -0.2) is 4.39 Å². The fourth-order valence-corrected chi connectivity index (χ4v) is 3.57. The molecule has 0 aliphatic heterocycles. The lowest BCUT2D eigenvalue weighted by Gasteiger charge is -2.17. The summed E-state index contributed by atoms with van der Waals surface area (Å²) < 4.78 is 15.6. The largest absolute Gasteiger partial charge is 0.396 e. The summed E-state index contributed by atoms with van der Waals surface area (Å²) in [5, 5.41) is 27.3. The molecule has 3 aromatic heterocycles. The molecule has 6 nitrogen and oxygen atoms in total. The van der Waals surface area contributed by atoms with Crippen LogP contribution in [0.2, 0.25) is 0 Å². The molecule has 1 aromatic carbocycles. The summed E-state index contributed by atoms with van der Waals surface area (Å²) in [6, 6.07) is 13.9. The van der Waals surface area contributed by atoms with E-state index in [1.807, 2.05) is 17.5 Å². The third-order valence-electron chi connectivity index (χ3n) is 4.00. The van der Waals surface area contributed by atoms with E-state index in [-0.39, 0.29) is 18.5 Å². The third-order valence-corrected chi connectivity index (χ3v) is 4.99. The Kier molecular flexibility index (Phi) is 4.59. The molecule has 0 bridgehead atoms. The van der Waals surface area contributed by atoms with Gasteiger partial charge in [0, 0.05) is 11.5 Å². The quantitative estimate of drug-likeness (QED) is 0.544. The molecule has 2 N–H and O–H groups in total. The predicted molar refractivity (Wildman–Crippen MR) is 98.6 cm³/mol. The smallest absolute Gasteiger partial charge is 0.188 e. The Morgan fingerprint density at radius 2 is 2.00 bits per heavy atom. The van der Waals surface area contributed by atoms with E-state index in [9.17, 15) is 9.50 Å². The Balaban J connectivity index is 1.71. The maximum atomic E-state index is 14.1. The first kappa shape index (κ1) is 16.6. The molecule has 4 aromatic rings. The van der Waals surface area contributed by atoms with Gasteiger partial charge in [-0.15, -0.1) is 26.6 Å². The predicted octanol–water partition coefficient (Wildman–Crippen LogP) is 3.53. The minimum atomic E-state index is -0.376. The van der Waals surface area contributed by atoms with E-state index in [2.05, 4.69) is 20.6 Å². The number of halogens is 1. The molecule has 0 radical (unpaired) electrons. The summed E-state index contributed by atoms with van der Waals surface area (Å²) in [6.45, 7) is 0.0604. The molecule has 0 saturated carbocycles. The molecule has 3 heterocycles. The molecule has 132 valence electrons. The summed E-state index contributed by atoms with van der Waals surface area (Å²) >= 11 is 1.62. The van der Waals surface area contributed by atoms with Crippen molar-refractivity contribution in [2.45, 2.75) is 12.5 Å². The van der Waals surface area contributed by atoms with E-state index in [4.69, 9.17) is 0 Å². The van der Waals surface area contributed by atoms with Gasteiger partial charge < -0.3 is 10.4 Å². The van der Waals surface area contributed by atoms with E-state index in [1.165, 1.54) is 10.6 Å². The Bertz CT molecular complexity index is 1020. The molecule has 26 heavy (non-hydrogen) atoms. The zero-order valence-corrected chi connectivity index (χ0v) is 14.5. The fourth-order valence-electron chi connectivity index (χ4n) is 2.76. The molecule has 0 amide bonds. The van der Waals surface area contributed by atoms with Crippen molar-refractivity contribution in [3.05, 3.63) is 64.6 Å². The molecular weight excluding hydrogens is 353 g/mol. The highest BCUT2D eigenvalue weighted by Crippen LogP contribution is 2.26. The number of thiophene rings is 1. The molecule has 0 aliphatic rings. The lowest BCUT2D eigenvalue weighted by molar-refractivity contribution is 0.280. The molecule has 1 atom stereocenters. The number of hydrogen-bond donors (Lipinski definition) is 2. The van der Waals surface area contributed by atoms with E-state index in [0.717, 1.165) is 4.88 Å². The van der Waals surface area contributed by atoms with Crippen molar-refractivity contribution in [1.29, 1.82) is 0 Å². The van der Waals surface area contributed by atoms with Crippen LogP contribution < -0.4 is 5.32 Å². The van der Waals surface area contributed by atoms with Crippen LogP contribution in [0.1, 0.15) is 17.3 Å². The Morgan fingerprint density at radius 1 is 1.12 bits per heavy atom. The zero-order chi connectivity index (χ0) is 17.9. The summed E-state index contributed by atoms with van der Waals surface area (Å²) in [4.78, 5) is 1.11. The van der Waals surface area contributed by atoms with Crippen LogP contribution >= 0.6 is 11.3 Å². The average Bonchev–Trinajstić information content (AvgIpc) is 3.31. The first-order valence-electron chi connectivity index (χ1n) is 8.14. The minimum absolute atomic E-state index is 0.0571. The second-order valence-electron chi connectivity index (χ2n) is 5.72. The van der Waals surface area contributed by atoms with Crippen molar-refractivity contribution in [2.75, 3.05) is 11.9 Å². The van der Waals surface area contributed by atoms with Crippen LogP contribution in [0.25, 0.3) is 17.0 Å². The second-order valence-corrected chi connectivity index (χ2v) is 6.70. The molecule has 0 spiro atoms. The van der Waals surface area contributed by atoms with Crippen LogP contribution in [0.3, 0.4) is 0 Å². The van der Waals surface area contributed by atoms with Crippen LogP contribution in [0, 0.1) is 5.82 Å².